The number of ether oxygens (including phenoxy) is 1. The fourth-order valence-corrected chi connectivity index (χ4v) is 3.91. The first-order valence-corrected chi connectivity index (χ1v) is 9.87. The number of carbonyl (C=O) groups is 3. The molecule has 0 spiro atoms. The van der Waals surface area contributed by atoms with Gasteiger partial charge >= 0.3 is 5.97 Å². The molecule has 6 nitrogen and oxygen atoms in total. The van der Waals surface area contributed by atoms with Crippen LogP contribution in [0.1, 0.15) is 35.7 Å². The van der Waals surface area contributed by atoms with Gasteiger partial charge in [-0.3, -0.25) is 9.59 Å². The van der Waals surface area contributed by atoms with E-state index < -0.39 is 18.1 Å². The molecule has 152 valence electrons. The molecule has 0 aliphatic carbocycles. The van der Waals surface area contributed by atoms with Crippen LogP contribution in [0.25, 0.3) is 11.1 Å². The van der Waals surface area contributed by atoms with E-state index in [1.807, 2.05) is 30.3 Å². The van der Waals surface area contributed by atoms with Gasteiger partial charge in [0.15, 0.2) is 0 Å². The van der Waals surface area contributed by atoms with Crippen molar-refractivity contribution >= 4 is 18.3 Å². The van der Waals surface area contributed by atoms with Crippen molar-refractivity contribution in [3.8, 4) is 11.1 Å². The van der Waals surface area contributed by atoms with Crippen LogP contribution in [0.4, 0.5) is 0 Å². The number of methoxy groups -OCH3 is 1. The largest absolute Gasteiger partial charge is 0.467 e. The molecule has 1 N–H and O–H groups in total. The molecule has 2 atom stereocenters. The lowest BCUT2D eigenvalue weighted by molar-refractivity contribution is -0.145. The zero-order valence-electron chi connectivity index (χ0n) is 16.8. The maximum Gasteiger partial charge on any atom is 0.330 e. The number of nitrogens with one attached hydrogen (secondary N) is 1. The van der Waals surface area contributed by atoms with Crippen molar-refractivity contribution in [1.29, 1.82) is 0 Å². The smallest absolute Gasteiger partial charge is 0.330 e. The number of rotatable bonds is 7. The van der Waals surface area contributed by atoms with Crippen molar-refractivity contribution in [2.24, 2.45) is 0 Å². The molecule has 0 radical (unpaired) electrons. The number of hydrogen-bond acceptors (Lipinski definition) is 4. The second-order valence-corrected chi connectivity index (χ2v) is 7.14. The molecule has 1 heterocycles. The van der Waals surface area contributed by atoms with Crippen LogP contribution in [-0.2, 0) is 20.7 Å². The van der Waals surface area contributed by atoms with Crippen molar-refractivity contribution in [2.75, 3.05) is 13.7 Å². The summed E-state index contributed by atoms with van der Waals surface area (Å²) < 4.78 is 4.89. The van der Waals surface area contributed by atoms with Gasteiger partial charge in [0.25, 0.3) is 5.91 Å². The predicted octanol–water partition coefficient (Wildman–Crippen LogP) is 2.81. The van der Waals surface area contributed by atoms with Gasteiger partial charge in [0.05, 0.1) is 13.2 Å². The summed E-state index contributed by atoms with van der Waals surface area (Å²) in [5.74, 6) is -0.777. The molecule has 2 aromatic carbocycles. The number of likely N-dealkylation sites (tertiary alicyclic amines) is 1. The average molecular weight is 394 g/mol. The van der Waals surface area contributed by atoms with Gasteiger partial charge in [-0.2, -0.15) is 0 Å². The summed E-state index contributed by atoms with van der Waals surface area (Å²) in [7, 11) is 1.28. The topological polar surface area (TPSA) is 75.7 Å². The average Bonchev–Trinajstić information content (AvgIpc) is 3.17. The molecule has 1 aliphatic rings. The van der Waals surface area contributed by atoms with Gasteiger partial charge in [-0.1, -0.05) is 55.8 Å². The monoisotopic (exact) mass is 394 g/mol. The highest BCUT2D eigenvalue weighted by molar-refractivity contribution is 6.03. The van der Waals surface area contributed by atoms with Crippen LogP contribution < -0.4 is 5.32 Å². The molecule has 1 saturated heterocycles. The standard InChI is InChI=1S/C23H26N2O4/c1-3-6-16-9-11-17(12-10-16)18-7-4-5-8-19(18)22(27)25-14-13-20(24-15-26)21(25)23(28)29-2/h4-5,7-12,15,20-21H,3,6,13-14H2,1-2H3,(H,24,26)/t20-,21-/m0/s1. The van der Waals surface area contributed by atoms with Gasteiger partial charge in [-0.15, -0.1) is 0 Å². The van der Waals surface area contributed by atoms with Gasteiger partial charge in [0.2, 0.25) is 6.41 Å². The van der Waals surface area contributed by atoms with E-state index >= 15 is 0 Å². The summed E-state index contributed by atoms with van der Waals surface area (Å²) in [5.41, 5.74) is 3.55. The van der Waals surface area contributed by atoms with Gasteiger partial charge in [0.1, 0.15) is 6.04 Å². The van der Waals surface area contributed by atoms with E-state index in [0.29, 0.717) is 24.9 Å². The van der Waals surface area contributed by atoms with Crippen LogP contribution in [-0.4, -0.2) is 48.9 Å². The molecule has 0 aromatic heterocycles. The Balaban J connectivity index is 1.93. The molecule has 1 aliphatic heterocycles. The second kappa shape index (κ2) is 9.37. The van der Waals surface area contributed by atoms with E-state index in [2.05, 4.69) is 24.4 Å². The third kappa shape index (κ3) is 4.31. The Hall–Kier alpha value is -3.15. The summed E-state index contributed by atoms with van der Waals surface area (Å²) in [4.78, 5) is 38.1. The third-order valence-electron chi connectivity index (χ3n) is 5.34. The van der Waals surface area contributed by atoms with Gasteiger partial charge < -0.3 is 15.0 Å². The minimum Gasteiger partial charge on any atom is -0.467 e. The first-order chi connectivity index (χ1) is 14.1. The van der Waals surface area contributed by atoms with Gasteiger partial charge in [-0.05, 0) is 35.6 Å². The highest BCUT2D eigenvalue weighted by atomic mass is 16.5. The van der Waals surface area contributed by atoms with E-state index in [4.69, 9.17) is 4.74 Å². The molecule has 3 rings (SSSR count). The van der Waals surface area contributed by atoms with Gasteiger partial charge in [0, 0.05) is 12.1 Å². The highest BCUT2D eigenvalue weighted by Crippen LogP contribution is 2.28. The molecular formula is C23H26N2O4. The Labute approximate surface area is 170 Å². The molecule has 29 heavy (non-hydrogen) atoms. The van der Waals surface area contributed by atoms with Crippen molar-refractivity contribution in [2.45, 2.75) is 38.3 Å². The summed E-state index contributed by atoms with van der Waals surface area (Å²) in [5, 5.41) is 2.64. The van der Waals surface area contributed by atoms with Crippen molar-refractivity contribution < 1.29 is 19.1 Å². The number of carbonyl (C=O) groups excluding carboxylic acids is 3. The van der Waals surface area contributed by atoms with Crippen LogP contribution in [0.5, 0.6) is 0 Å². The quantitative estimate of drug-likeness (QED) is 0.579. The zero-order chi connectivity index (χ0) is 20.8. The number of esters is 1. The van der Waals surface area contributed by atoms with Crippen LogP contribution in [0.15, 0.2) is 48.5 Å². The van der Waals surface area contributed by atoms with Crippen LogP contribution >= 0.6 is 0 Å². The van der Waals surface area contributed by atoms with Crippen LogP contribution in [0, 0.1) is 0 Å². The number of benzene rings is 2. The first kappa shape index (κ1) is 20.6. The van der Waals surface area contributed by atoms with Crippen molar-refractivity contribution in [3.63, 3.8) is 0 Å². The minimum absolute atomic E-state index is 0.246. The van der Waals surface area contributed by atoms with Gasteiger partial charge in [-0.25, -0.2) is 4.79 Å². The minimum atomic E-state index is -0.835. The predicted molar refractivity (Wildman–Crippen MR) is 110 cm³/mol. The highest BCUT2D eigenvalue weighted by Gasteiger charge is 2.43. The first-order valence-electron chi connectivity index (χ1n) is 9.87. The lowest BCUT2D eigenvalue weighted by Crippen LogP contribution is -2.50. The number of amides is 2. The Morgan fingerprint density at radius 3 is 2.55 bits per heavy atom. The Morgan fingerprint density at radius 2 is 1.90 bits per heavy atom. The zero-order valence-corrected chi connectivity index (χ0v) is 16.8. The molecule has 0 unspecified atom stereocenters. The van der Waals surface area contributed by atoms with Crippen molar-refractivity contribution in [3.05, 3.63) is 59.7 Å². The molecule has 0 saturated carbocycles. The Bertz CT molecular complexity index is 879. The molecular weight excluding hydrogens is 368 g/mol. The number of hydrogen-bond donors (Lipinski definition) is 1. The number of aryl methyl sites for hydroxylation is 1. The van der Waals surface area contributed by atoms with Crippen LogP contribution in [0.3, 0.4) is 0 Å². The maximum atomic E-state index is 13.4. The molecule has 2 amide bonds. The molecule has 2 aromatic rings. The fraction of sp³-hybridized carbons (Fsp3) is 0.348. The molecule has 0 bridgehead atoms. The van der Waals surface area contributed by atoms with E-state index in [9.17, 15) is 14.4 Å². The van der Waals surface area contributed by atoms with Crippen LogP contribution in [0.2, 0.25) is 0 Å². The Morgan fingerprint density at radius 1 is 1.17 bits per heavy atom. The van der Waals surface area contributed by atoms with E-state index in [0.717, 1.165) is 24.0 Å². The SMILES string of the molecule is CCCc1ccc(-c2ccccc2C(=O)N2CC[C@H](NC=O)[C@H]2C(=O)OC)cc1. The Kier molecular flexibility index (Phi) is 6.65. The second-order valence-electron chi connectivity index (χ2n) is 7.14. The summed E-state index contributed by atoms with van der Waals surface area (Å²) in [6.45, 7) is 2.51. The molecule has 6 heteroatoms. The maximum absolute atomic E-state index is 13.4. The summed E-state index contributed by atoms with van der Waals surface area (Å²) in [6.07, 6.45) is 3.15. The lowest BCUT2D eigenvalue weighted by atomic mass is 9.97. The summed E-state index contributed by atoms with van der Waals surface area (Å²) in [6, 6.07) is 14.3. The van der Waals surface area contributed by atoms with E-state index in [1.165, 1.54) is 17.6 Å². The normalized spacial score (nSPS) is 18.3. The third-order valence-corrected chi connectivity index (χ3v) is 5.34. The van der Waals surface area contributed by atoms with E-state index in [1.54, 1.807) is 6.07 Å². The fourth-order valence-electron chi connectivity index (χ4n) is 3.91. The lowest BCUT2D eigenvalue weighted by Gasteiger charge is -2.26. The van der Waals surface area contributed by atoms with E-state index in [-0.39, 0.29) is 5.91 Å². The molecule has 1 fully saturated rings. The van der Waals surface area contributed by atoms with Crippen molar-refractivity contribution in [1.82, 2.24) is 10.2 Å². The summed E-state index contributed by atoms with van der Waals surface area (Å²) >= 11 is 0. The number of nitrogens with zero attached hydrogens (tertiary/aromatic N) is 1.